The maximum atomic E-state index is 14.8. The van der Waals surface area contributed by atoms with Crippen molar-refractivity contribution in [3.63, 3.8) is 0 Å². The van der Waals surface area contributed by atoms with Gasteiger partial charge >= 0.3 is 0 Å². The van der Waals surface area contributed by atoms with Gasteiger partial charge < -0.3 is 59.8 Å². The zero-order valence-electron chi connectivity index (χ0n) is 34.3. The van der Waals surface area contributed by atoms with Crippen LogP contribution in [0.15, 0.2) is 11.6 Å². The fourth-order valence-electron chi connectivity index (χ4n) is 12.3. The lowest BCUT2D eigenvalue weighted by Gasteiger charge is -2.65. The van der Waals surface area contributed by atoms with Crippen molar-refractivity contribution in [2.75, 3.05) is 6.61 Å². The summed E-state index contributed by atoms with van der Waals surface area (Å²) in [5.74, 6) is 1.05. The van der Waals surface area contributed by atoms with Crippen LogP contribution in [0.3, 0.4) is 0 Å². The topological polar surface area (TPSA) is 216 Å². The number of hydrogen-bond acceptors (Lipinski definition) is 13. The van der Waals surface area contributed by atoms with E-state index in [1.807, 2.05) is 0 Å². The van der Waals surface area contributed by atoms with E-state index >= 15 is 0 Å². The Balaban J connectivity index is 1.23. The van der Waals surface area contributed by atoms with Gasteiger partial charge in [-0.15, -0.1) is 0 Å². The van der Waals surface area contributed by atoms with Gasteiger partial charge in [-0.25, -0.2) is 0 Å². The molecule has 0 spiro atoms. The van der Waals surface area contributed by atoms with Crippen LogP contribution < -0.4 is 0 Å². The summed E-state index contributed by atoms with van der Waals surface area (Å²) in [6.45, 7) is 17.5. The number of rotatable bonds is 10. The Morgan fingerprint density at radius 3 is 2.18 bits per heavy atom. The minimum atomic E-state index is -1.67. The Bertz CT molecular complexity index is 1430. The van der Waals surface area contributed by atoms with Gasteiger partial charge in [0.2, 0.25) is 0 Å². The fourth-order valence-corrected chi connectivity index (χ4v) is 12.3. The van der Waals surface area contributed by atoms with E-state index in [1.54, 1.807) is 13.8 Å². The third kappa shape index (κ3) is 7.01. The molecule has 5 fully saturated rings. The number of aliphatic hydroxyl groups excluding tert-OH is 7. The molecular formula is C42H70O13. The summed E-state index contributed by atoms with van der Waals surface area (Å²) in [5, 5.41) is 84.3. The number of carbonyl (C=O) groups is 1. The zero-order valence-corrected chi connectivity index (χ0v) is 34.3. The van der Waals surface area contributed by atoms with Crippen molar-refractivity contribution >= 4 is 5.78 Å². The van der Waals surface area contributed by atoms with Crippen molar-refractivity contribution < 1.29 is 64.6 Å². The van der Waals surface area contributed by atoms with Crippen LogP contribution in [-0.2, 0) is 23.7 Å². The van der Waals surface area contributed by atoms with Crippen LogP contribution in [-0.4, -0.2) is 132 Å². The average molecular weight is 783 g/mol. The Hall–Kier alpha value is -1.07. The molecule has 13 nitrogen and oxygen atoms in total. The molecule has 0 amide bonds. The van der Waals surface area contributed by atoms with Gasteiger partial charge in [0, 0.05) is 17.3 Å². The van der Waals surface area contributed by atoms with Crippen molar-refractivity contribution in [1.29, 1.82) is 0 Å². The number of allylic oxidation sites excluding steroid dienone is 1. The molecule has 0 aromatic rings. The number of Topliss-reactive ketones (excluding diaryl/α,β-unsaturated/α-hetero) is 1. The predicted octanol–water partition coefficient (Wildman–Crippen LogP) is 2.36. The molecule has 13 heteroatoms. The number of ketones is 1. The van der Waals surface area contributed by atoms with Crippen molar-refractivity contribution in [3.8, 4) is 0 Å². The summed E-state index contributed by atoms with van der Waals surface area (Å²) in [5.41, 5.74) is -1.46. The van der Waals surface area contributed by atoms with E-state index in [0.717, 1.165) is 31.3 Å². The standard InChI is InChI=1S/C42H70O13/c1-20(10-14-27(44)39(5,6)51)22-16-17-40(7)26-13-11-23-24(42(26,9)28(45)18-41(22,40)8)12-15-29(38(23,3)4)54-37-35(33(49)31(47)25(19-43)53-37)55-36-34(50)32(48)30(46)21(2)52-36/h11,20-22,24-27,29-37,43-44,46-51H,10,12-19H2,1-9H3/t20-,21+,22-,24-,25-,26+,27-,29+,30+,31-,32-,33+,34-,35-,36+,37+,40+,41-,42+/m1/s1. The van der Waals surface area contributed by atoms with Gasteiger partial charge in [0.1, 0.15) is 48.5 Å². The summed E-state index contributed by atoms with van der Waals surface area (Å²) in [6.07, 6.45) is -7.17. The highest BCUT2D eigenvalue weighted by Crippen LogP contribution is 2.74. The van der Waals surface area contributed by atoms with Crippen LogP contribution in [0.5, 0.6) is 0 Å². The Kier molecular flexibility index (Phi) is 12.0. The maximum Gasteiger partial charge on any atom is 0.187 e. The third-order valence-electron chi connectivity index (χ3n) is 16.3. The van der Waals surface area contributed by atoms with Crippen LogP contribution in [0.1, 0.15) is 114 Å². The van der Waals surface area contributed by atoms with Crippen LogP contribution in [0.2, 0.25) is 0 Å². The number of ether oxygens (including phenoxy) is 4. The predicted molar refractivity (Wildman–Crippen MR) is 200 cm³/mol. The summed E-state index contributed by atoms with van der Waals surface area (Å²) >= 11 is 0. The molecule has 6 aliphatic rings. The van der Waals surface area contributed by atoms with Crippen LogP contribution in [0, 0.1) is 45.3 Å². The molecule has 55 heavy (non-hydrogen) atoms. The summed E-state index contributed by atoms with van der Waals surface area (Å²) in [7, 11) is 0. The first-order valence-corrected chi connectivity index (χ1v) is 20.7. The first kappa shape index (κ1) is 43.5. The van der Waals surface area contributed by atoms with Crippen molar-refractivity contribution in [1.82, 2.24) is 0 Å². The second kappa shape index (κ2) is 15.2. The SMILES string of the molecule is C[C@H](CC[C@@H](O)C(C)(C)O)[C@H]1CC[C@@]2(C)[C@@H]3CC=C4[C@@H](CC[C@H](O[C@@H]5O[C@H](CO)[C@@H](O)[C@H](O)[C@H]5O[C@@H]5O[C@@H](C)[C@H](O)[C@@H](O)[C@H]5O)C4(C)C)[C@]3(C)C(=O)C[C@]12C. The molecular weight excluding hydrogens is 712 g/mol. The molecule has 4 aliphatic carbocycles. The van der Waals surface area contributed by atoms with E-state index in [2.05, 4.69) is 47.6 Å². The van der Waals surface area contributed by atoms with Gasteiger partial charge in [0.25, 0.3) is 0 Å². The molecule has 0 bridgehead atoms. The number of carbonyl (C=O) groups excluding carboxylic acids is 1. The second-order valence-corrected chi connectivity index (χ2v) is 20.0. The van der Waals surface area contributed by atoms with Gasteiger partial charge in [-0.3, -0.25) is 4.79 Å². The maximum absolute atomic E-state index is 14.8. The molecule has 2 saturated heterocycles. The minimum absolute atomic E-state index is 0.00880. The molecule has 0 aromatic carbocycles. The molecule has 316 valence electrons. The molecule has 2 heterocycles. The third-order valence-corrected chi connectivity index (χ3v) is 16.3. The second-order valence-electron chi connectivity index (χ2n) is 20.0. The highest BCUT2D eigenvalue weighted by Gasteiger charge is 2.70. The molecule has 19 atom stereocenters. The fraction of sp³-hybridized carbons (Fsp3) is 0.929. The molecule has 0 unspecified atom stereocenters. The minimum Gasteiger partial charge on any atom is -0.394 e. The lowest BCUT2D eigenvalue weighted by atomic mass is 9.38. The average Bonchev–Trinajstić information content (AvgIpc) is 3.38. The van der Waals surface area contributed by atoms with E-state index in [9.17, 15) is 45.6 Å². The highest BCUT2D eigenvalue weighted by atomic mass is 16.8. The molecule has 0 aromatic heterocycles. The number of hydrogen-bond donors (Lipinski definition) is 8. The van der Waals surface area contributed by atoms with Crippen molar-refractivity contribution in [2.24, 2.45) is 45.3 Å². The molecule has 8 N–H and O–H groups in total. The summed E-state index contributed by atoms with van der Waals surface area (Å²) in [4.78, 5) is 14.8. The number of fused-ring (bicyclic) bond motifs is 5. The Morgan fingerprint density at radius 2 is 1.55 bits per heavy atom. The van der Waals surface area contributed by atoms with E-state index < -0.39 is 96.7 Å². The Labute approximate surface area is 326 Å². The molecule has 3 saturated carbocycles. The first-order chi connectivity index (χ1) is 25.4. The summed E-state index contributed by atoms with van der Waals surface area (Å²) in [6, 6.07) is 0. The normalized spacial score (nSPS) is 49.7. The van der Waals surface area contributed by atoms with Gasteiger partial charge in [0.15, 0.2) is 12.6 Å². The van der Waals surface area contributed by atoms with Crippen LogP contribution in [0.4, 0.5) is 0 Å². The van der Waals surface area contributed by atoms with Gasteiger partial charge in [-0.05, 0) is 100 Å². The molecule has 6 rings (SSSR count). The van der Waals surface area contributed by atoms with E-state index in [1.165, 1.54) is 6.92 Å². The largest absolute Gasteiger partial charge is 0.394 e. The van der Waals surface area contributed by atoms with Gasteiger partial charge in [-0.1, -0.05) is 53.2 Å². The van der Waals surface area contributed by atoms with E-state index in [4.69, 9.17) is 18.9 Å². The number of aliphatic hydroxyl groups is 8. The van der Waals surface area contributed by atoms with Gasteiger partial charge in [0.05, 0.1) is 30.5 Å². The quantitative estimate of drug-likeness (QED) is 0.150. The smallest absolute Gasteiger partial charge is 0.187 e. The van der Waals surface area contributed by atoms with Crippen LogP contribution in [0.25, 0.3) is 0 Å². The highest BCUT2D eigenvalue weighted by molar-refractivity contribution is 5.88. The van der Waals surface area contributed by atoms with E-state index in [-0.39, 0.29) is 28.6 Å². The van der Waals surface area contributed by atoms with Crippen LogP contribution >= 0.6 is 0 Å². The summed E-state index contributed by atoms with van der Waals surface area (Å²) < 4.78 is 24.3. The zero-order chi connectivity index (χ0) is 40.8. The van der Waals surface area contributed by atoms with E-state index in [0.29, 0.717) is 37.4 Å². The Morgan fingerprint density at radius 1 is 0.873 bits per heavy atom. The monoisotopic (exact) mass is 782 g/mol. The van der Waals surface area contributed by atoms with Crippen molar-refractivity contribution in [3.05, 3.63) is 11.6 Å². The van der Waals surface area contributed by atoms with Crippen molar-refractivity contribution in [2.45, 2.75) is 193 Å². The molecule has 0 radical (unpaired) electrons. The van der Waals surface area contributed by atoms with Gasteiger partial charge in [-0.2, -0.15) is 0 Å². The molecule has 2 aliphatic heterocycles. The lowest BCUT2D eigenvalue weighted by molar-refractivity contribution is -0.372. The first-order valence-electron chi connectivity index (χ1n) is 20.7. The lowest BCUT2D eigenvalue weighted by Crippen LogP contribution is -2.65.